The fourth-order valence-corrected chi connectivity index (χ4v) is 4.33. The zero-order chi connectivity index (χ0) is 31.8. The van der Waals surface area contributed by atoms with Gasteiger partial charge in [-0.15, -0.1) is 0 Å². The standard InChI is InChI=1S/C37H62O6/c1-4-5-21-27-34(38)28-23-18-14-9-7-6-8-10-15-19-24-29-36(40)42-31-35(39)32-43-37(41)30-25-20-16-12-11-13-17-22-26-33(2)3/h6-7,10,14-15,18,23,28,33,35,39H,4-5,8-9,11-13,16-17,19-22,24-27,29-32H2,1-3H3/b7-6-,15-10-,18-14-,28-23+/t35-/m0/s1. The van der Waals surface area contributed by atoms with Gasteiger partial charge >= 0.3 is 11.9 Å². The topological polar surface area (TPSA) is 89.9 Å². The van der Waals surface area contributed by atoms with Gasteiger partial charge in [-0.05, 0) is 50.5 Å². The first-order valence-electron chi connectivity index (χ1n) is 17.0. The highest BCUT2D eigenvalue weighted by Crippen LogP contribution is 2.13. The van der Waals surface area contributed by atoms with Crippen LogP contribution in [0.3, 0.4) is 0 Å². The van der Waals surface area contributed by atoms with E-state index in [2.05, 4.69) is 39.0 Å². The molecule has 0 unspecified atom stereocenters. The number of esters is 2. The molecule has 43 heavy (non-hydrogen) atoms. The van der Waals surface area contributed by atoms with Gasteiger partial charge in [-0.2, -0.15) is 0 Å². The van der Waals surface area contributed by atoms with E-state index in [0.717, 1.165) is 63.7 Å². The third-order valence-corrected chi connectivity index (χ3v) is 6.97. The molecular formula is C37H62O6. The number of ether oxygens (including phenoxy) is 2. The number of hydrogen-bond donors (Lipinski definition) is 1. The van der Waals surface area contributed by atoms with Crippen LogP contribution in [0.25, 0.3) is 0 Å². The first kappa shape index (κ1) is 40.5. The average molecular weight is 603 g/mol. The summed E-state index contributed by atoms with van der Waals surface area (Å²) in [6.07, 6.45) is 32.9. The molecule has 0 saturated carbocycles. The number of aliphatic hydroxyl groups is 1. The number of aliphatic hydroxyl groups excluding tert-OH is 1. The summed E-state index contributed by atoms with van der Waals surface area (Å²) >= 11 is 0. The molecule has 0 bridgehead atoms. The molecule has 0 radical (unpaired) electrons. The lowest BCUT2D eigenvalue weighted by Crippen LogP contribution is -2.25. The summed E-state index contributed by atoms with van der Waals surface area (Å²) in [5, 5.41) is 9.95. The normalized spacial score (nSPS) is 12.8. The zero-order valence-corrected chi connectivity index (χ0v) is 27.6. The molecule has 0 aliphatic heterocycles. The van der Waals surface area contributed by atoms with Gasteiger partial charge in [0, 0.05) is 19.3 Å². The molecule has 1 atom stereocenters. The molecule has 0 fully saturated rings. The first-order chi connectivity index (χ1) is 20.8. The number of unbranched alkanes of at least 4 members (excludes halogenated alkanes) is 10. The Hall–Kier alpha value is -2.47. The minimum absolute atomic E-state index is 0.149. The molecule has 6 heteroatoms. The predicted molar refractivity (Wildman–Crippen MR) is 178 cm³/mol. The number of ketones is 1. The van der Waals surface area contributed by atoms with Gasteiger partial charge < -0.3 is 14.6 Å². The second-order valence-corrected chi connectivity index (χ2v) is 11.8. The molecule has 0 aromatic carbocycles. The minimum Gasteiger partial charge on any atom is -0.463 e. The van der Waals surface area contributed by atoms with Crippen molar-refractivity contribution >= 4 is 17.7 Å². The number of carbonyl (C=O) groups excluding carboxylic acids is 3. The summed E-state index contributed by atoms with van der Waals surface area (Å²) in [4.78, 5) is 35.4. The Morgan fingerprint density at radius 3 is 1.79 bits per heavy atom. The van der Waals surface area contributed by atoms with Crippen LogP contribution in [-0.2, 0) is 23.9 Å². The highest BCUT2D eigenvalue weighted by atomic mass is 16.6. The number of carbonyl (C=O) groups is 3. The highest BCUT2D eigenvalue weighted by Gasteiger charge is 2.12. The fourth-order valence-electron chi connectivity index (χ4n) is 4.33. The Morgan fingerprint density at radius 1 is 0.628 bits per heavy atom. The Labute approximate surface area is 263 Å². The van der Waals surface area contributed by atoms with E-state index in [0.29, 0.717) is 19.3 Å². The van der Waals surface area contributed by atoms with E-state index in [9.17, 15) is 19.5 Å². The van der Waals surface area contributed by atoms with Crippen LogP contribution >= 0.6 is 0 Å². The molecule has 0 aliphatic carbocycles. The van der Waals surface area contributed by atoms with Crippen molar-refractivity contribution in [1.29, 1.82) is 0 Å². The molecule has 0 heterocycles. The van der Waals surface area contributed by atoms with Crippen molar-refractivity contribution in [1.82, 2.24) is 0 Å². The maximum atomic E-state index is 11.9. The van der Waals surface area contributed by atoms with Crippen molar-refractivity contribution in [2.24, 2.45) is 5.92 Å². The summed E-state index contributed by atoms with van der Waals surface area (Å²) in [6, 6.07) is 0. The highest BCUT2D eigenvalue weighted by molar-refractivity contribution is 5.89. The van der Waals surface area contributed by atoms with Gasteiger partial charge in [-0.1, -0.05) is 128 Å². The van der Waals surface area contributed by atoms with Gasteiger partial charge in [0.1, 0.15) is 19.3 Å². The Kier molecular flexibility index (Phi) is 29.2. The van der Waals surface area contributed by atoms with Crippen LogP contribution in [0, 0.1) is 5.92 Å². The van der Waals surface area contributed by atoms with Crippen LogP contribution < -0.4 is 0 Å². The van der Waals surface area contributed by atoms with Gasteiger partial charge in [0.25, 0.3) is 0 Å². The number of hydrogen-bond acceptors (Lipinski definition) is 6. The van der Waals surface area contributed by atoms with E-state index in [4.69, 9.17) is 9.47 Å². The molecule has 1 N–H and O–H groups in total. The van der Waals surface area contributed by atoms with E-state index in [1.54, 1.807) is 6.08 Å². The predicted octanol–water partition coefficient (Wildman–Crippen LogP) is 9.32. The third-order valence-electron chi connectivity index (χ3n) is 6.97. The Morgan fingerprint density at radius 2 is 1.16 bits per heavy atom. The van der Waals surface area contributed by atoms with Crippen molar-refractivity contribution in [3.8, 4) is 0 Å². The van der Waals surface area contributed by atoms with Crippen molar-refractivity contribution in [3.05, 3.63) is 48.6 Å². The molecule has 0 spiro atoms. The van der Waals surface area contributed by atoms with Crippen molar-refractivity contribution < 1.29 is 29.0 Å². The second-order valence-electron chi connectivity index (χ2n) is 11.8. The maximum Gasteiger partial charge on any atom is 0.305 e. The molecule has 0 amide bonds. The fraction of sp³-hybridized carbons (Fsp3) is 0.703. The zero-order valence-electron chi connectivity index (χ0n) is 27.6. The van der Waals surface area contributed by atoms with Crippen LogP contribution in [0.15, 0.2) is 48.6 Å². The summed E-state index contributed by atoms with van der Waals surface area (Å²) in [5.74, 6) is 0.316. The van der Waals surface area contributed by atoms with Crippen LogP contribution in [0.2, 0.25) is 0 Å². The van der Waals surface area contributed by atoms with E-state index < -0.39 is 6.10 Å². The maximum absolute atomic E-state index is 11.9. The van der Waals surface area contributed by atoms with Crippen molar-refractivity contribution in [2.75, 3.05) is 13.2 Å². The third kappa shape index (κ3) is 32.3. The molecule has 0 aromatic heterocycles. The molecule has 0 saturated heterocycles. The SMILES string of the molecule is CCCCCC(=O)/C=C/C=C\C/C=C\C/C=C\CCCC(=O)OC[C@H](O)COC(=O)CCCCCCCCCCC(C)C. The van der Waals surface area contributed by atoms with Crippen molar-refractivity contribution in [2.45, 2.75) is 149 Å². The minimum atomic E-state index is -1.00. The Bertz CT molecular complexity index is 808. The van der Waals surface area contributed by atoms with Crippen molar-refractivity contribution in [3.63, 3.8) is 0 Å². The smallest absolute Gasteiger partial charge is 0.305 e. The summed E-state index contributed by atoms with van der Waals surface area (Å²) in [7, 11) is 0. The summed E-state index contributed by atoms with van der Waals surface area (Å²) in [6.45, 7) is 6.36. The largest absolute Gasteiger partial charge is 0.463 e. The van der Waals surface area contributed by atoms with Gasteiger partial charge in [-0.25, -0.2) is 0 Å². The Balaban J connectivity index is 3.64. The van der Waals surface area contributed by atoms with Gasteiger partial charge in [-0.3, -0.25) is 14.4 Å². The number of allylic oxidation sites excluding steroid dienone is 8. The van der Waals surface area contributed by atoms with Crippen LogP contribution in [0.1, 0.15) is 143 Å². The van der Waals surface area contributed by atoms with Gasteiger partial charge in [0.15, 0.2) is 5.78 Å². The number of rotatable bonds is 29. The van der Waals surface area contributed by atoms with Gasteiger partial charge in [0.2, 0.25) is 0 Å². The molecule has 0 rings (SSSR count). The quantitative estimate of drug-likeness (QED) is 0.0302. The lowest BCUT2D eigenvalue weighted by atomic mass is 10.0. The summed E-state index contributed by atoms with van der Waals surface area (Å²) in [5.41, 5.74) is 0. The monoisotopic (exact) mass is 602 g/mol. The van der Waals surface area contributed by atoms with E-state index in [-0.39, 0.29) is 37.4 Å². The molecule has 0 aromatic rings. The average Bonchev–Trinajstić information content (AvgIpc) is 2.98. The van der Waals surface area contributed by atoms with Crippen LogP contribution in [0.5, 0.6) is 0 Å². The van der Waals surface area contributed by atoms with E-state index in [1.165, 1.54) is 38.5 Å². The lowest BCUT2D eigenvalue weighted by molar-refractivity contribution is -0.152. The lowest BCUT2D eigenvalue weighted by Gasteiger charge is -2.12. The summed E-state index contributed by atoms with van der Waals surface area (Å²) < 4.78 is 10.2. The van der Waals surface area contributed by atoms with E-state index in [1.807, 2.05) is 24.3 Å². The molecular weight excluding hydrogens is 540 g/mol. The molecule has 6 nitrogen and oxygen atoms in total. The molecule has 246 valence electrons. The van der Waals surface area contributed by atoms with Crippen LogP contribution in [-0.4, -0.2) is 42.1 Å². The molecule has 0 aliphatic rings. The first-order valence-corrected chi connectivity index (χ1v) is 17.0. The van der Waals surface area contributed by atoms with E-state index >= 15 is 0 Å². The second kappa shape index (κ2) is 31.0. The van der Waals surface area contributed by atoms with Crippen LogP contribution in [0.4, 0.5) is 0 Å². The van der Waals surface area contributed by atoms with Gasteiger partial charge in [0.05, 0.1) is 0 Å².